The maximum atomic E-state index is 4.53. The van der Waals surface area contributed by atoms with Gasteiger partial charge in [-0.15, -0.1) is 0 Å². The largest absolute Gasteiger partial charge is 0.299 e. The Morgan fingerprint density at radius 3 is 2.38 bits per heavy atom. The molecule has 124 valence electrons. The third kappa shape index (κ3) is 2.44. The van der Waals surface area contributed by atoms with Crippen molar-refractivity contribution in [1.29, 1.82) is 0 Å². The number of H-pyrrole nitrogens is 1. The van der Waals surface area contributed by atoms with Crippen molar-refractivity contribution in [2.45, 2.75) is 0 Å². The van der Waals surface area contributed by atoms with Crippen LogP contribution in [0.1, 0.15) is 0 Å². The fourth-order valence-corrected chi connectivity index (χ4v) is 3.07. The molecular weight excluding hydrogens is 324 g/mol. The summed E-state index contributed by atoms with van der Waals surface area (Å²) in [6.07, 6.45) is 7.17. The zero-order chi connectivity index (χ0) is 17.3. The minimum Gasteiger partial charge on any atom is -0.299 e. The summed E-state index contributed by atoms with van der Waals surface area (Å²) in [5.41, 5.74) is 7.19. The Balaban J connectivity index is 1.58. The molecule has 0 radical (unpaired) electrons. The number of aromatic nitrogens is 6. The lowest BCUT2D eigenvalue weighted by Gasteiger charge is -2.07. The average molecular weight is 338 g/mol. The molecular formula is C20H14N6. The van der Waals surface area contributed by atoms with E-state index in [-0.39, 0.29) is 0 Å². The molecule has 0 fully saturated rings. The summed E-state index contributed by atoms with van der Waals surface area (Å²) in [7, 11) is 0. The van der Waals surface area contributed by atoms with Crippen molar-refractivity contribution in [2.24, 2.45) is 0 Å². The minimum absolute atomic E-state index is 0.826. The number of hydrogen-bond acceptors (Lipinski definition) is 4. The normalized spacial score (nSPS) is 11.1. The van der Waals surface area contributed by atoms with E-state index in [0.29, 0.717) is 0 Å². The van der Waals surface area contributed by atoms with Gasteiger partial charge in [0.2, 0.25) is 0 Å². The lowest BCUT2D eigenvalue weighted by atomic mass is 10.1. The van der Waals surface area contributed by atoms with Crippen molar-refractivity contribution in [2.75, 3.05) is 0 Å². The van der Waals surface area contributed by atoms with Crippen LogP contribution in [0.4, 0.5) is 0 Å². The lowest BCUT2D eigenvalue weighted by molar-refractivity contribution is 0.942. The Kier molecular flexibility index (Phi) is 3.31. The second-order valence-corrected chi connectivity index (χ2v) is 5.96. The molecule has 0 aliphatic heterocycles. The number of aromatic amines is 1. The fraction of sp³-hybridized carbons (Fsp3) is 0. The molecule has 5 rings (SSSR count). The number of rotatable bonds is 3. The van der Waals surface area contributed by atoms with Gasteiger partial charge in [0.1, 0.15) is 12.0 Å². The quantitative estimate of drug-likeness (QED) is 0.542. The van der Waals surface area contributed by atoms with Crippen LogP contribution in [0.5, 0.6) is 0 Å². The Hall–Kier alpha value is -3.80. The Morgan fingerprint density at radius 1 is 0.808 bits per heavy atom. The Labute approximate surface area is 149 Å². The van der Waals surface area contributed by atoms with Gasteiger partial charge in [-0.1, -0.05) is 18.2 Å². The highest BCUT2D eigenvalue weighted by molar-refractivity contribution is 5.83. The first kappa shape index (κ1) is 14.5. The van der Waals surface area contributed by atoms with Crippen LogP contribution in [0.3, 0.4) is 0 Å². The fourth-order valence-electron chi connectivity index (χ4n) is 3.07. The third-order valence-corrected chi connectivity index (χ3v) is 4.42. The van der Waals surface area contributed by atoms with Crippen LogP contribution in [0.2, 0.25) is 0 Å². The summed E-state index contributed by atoms with van der Waals surface area (Å²) >= 11 is 0. The van der Waals surface area contributed by atoms with Crippen molar-refractivity contribution in [3.8, 4) is 28.1 Å². The second-order valence-electron chi connectivity index (χ2n) is 5.96. The first-order valence-electron chi connectivity index (χ1n) is 8.22. The smallest absolute Gasteiger partial charge is 0.112 e. The third-order valence-electron chi connectivity index (χ3n) is 4.42. The summed E-state index contributed by atoms with van der Waals surface area (Å²) < 4.78 is 2.09. The van der Waals surface area contributed by atoms with E-state index in [9.17, 15) is 0 Å². The van der Waals surface area contributed by atoms with Crippen molar-refractivity contribution in [3.63, 3.8) is 0 Å². The lowest BCUT2D eigenvalue weighted by Crippen LogP contribution is -1.92. The number of hydrogen-bond donors (Lipinski definition) is 1. The van der Waals surface area contributed by atoms with E-state index < -0.39 is 0 Å². The van der Waals surface area contributed by atoms with Gasteiger partial charge in [0, 0.05) is 23.6 Å². The van der Waals surface area contributed by atoms with Gasteiger partial charge in [0.25, 0.3) is 0 Å². The number of nitrogens with one attached hydrogen (secondary N) is 1. The van der Waals surface area contributed by atoms with Crippen molar-refractivity contribution < 1.29 is 0 Å². The van der Waals surface area contributed by atoms with Gasteiger partial charge >= 0.3 is 0 Å². The molecule has 26 heavy (non-hydrogen) atoms. The predicted octanol–water partition coefficient (Wildman–Crippen LogP) is 3.87. The number of nitrogens with zero attached hydrogens (tertiary/aromatic N) is 5. The van der Waals surface area contributed by atoms with Gasteiger partial charge < -0.3 is 0 Å². The highest BCUT2D eigenvalue weighted by Crippen LogP contribution is 2.26. The molecule has 0 amide bonds. The van der Waals surface area contributed by atoms with E-state index in [1.165, 1.54) is 0 Å². The molecule has 0 saturated heterocycles. The van der Waals surface area contributed by atoms with Gasteiger partial charge in [0.15, 0.2) is 0 Å². The van der Waals surface area contributed by atoms with Gasteiger partial charge in [-0.25, -0.2) is 4.98 Å². The molecule has 1 N–H and O–H groups in total. The minimum atomic E-state index is 0.826. The van der Waals surface area contributed by atoms with Crippen molar-refractivity contribution in [1.82, 2.24) is 29.9 Å². The summed E-state index contributed by atoms with van der Waals surface area (Å²) in [5.74, 6) is 0. The zero-order valence-corrected chi connectivity index (χ0v) is 13.7. The summed E-state index contributed by atoms with van der Waals surface area (Å²) in [4.78, 5) is 8.61. The van der Waals surface area contributed by atoms with E-state index in [1.54, 1.807) is 18.6 Å². The number of benzene rings is 2. The molecule has 2 aromatic carbocycles. The van der Waals surface area contributed by atoms with E-state index in [0.717, 1.165) is 39.1 Å². The van der Waals surface area contributed by atoms with Crippen molar-refractivity contribution in [3.05, 3.63) is 79.5 Å². The molecule has 0 atom stereocenters. The molecule has 0 aliphatic rings. The second kappa shape index (κ2) is 5.93. The maximum absolute atomic E-state index is 4.53. The van der Waals surface area contributed by atoms with Gasteiger partial charge in [0.05, 0.1) is 17.2 Å². The van der Waals surface area contributed by atoms with Gasteiger partial charge in [-0.2, -0.15) is 15.4 Å². The average Bonchev–Trinajstić information content (AvgIpc) is 3.38. The molecule has 6 heteroatoms. The first-order chi connectivity index (χ1) is 12.9. The van der Waals surface area contributed by atoms with Crippen LogP contribution in [0, 0.1) is 0 Å². The van der Waals surface area contributed by atoms with Crippen LogP contribution in [0.15, 0.2) is 79.5 Å². The summed E-state index contributed by atoms with van der Waals surface area (Å²) in [6, 6.07) is 18.5. The molecule has 0 saturated carbocycles. The van der Waals surface area contributed by atoms with Gasteiger partial charge in [-0.3, -0.25) is 9.55 Å². The first-order valence-corrected chi connectivity index (χ1v) is 8.22. The highest BCUT2D eigenvalue weighted by atomic mass is 15.3. The standard InChI is InChI=1S/C20H14N6/c1-4-17(5-2-15(1)19-12-23-25-24-19)26-13-22-18-6-3-16(11-20(18)26)14-7-9-21-10-8-14/h1-13H,(H,23,24,25). The molecule has 3 heterocycles. The van der Waals surface area contributed by atoms with E-state index in [2.05, 4.69) is 54.2 Å². The molecule has 0 bridgehead atoms. The number of fused-ring (bicyclic) bond motifs is 1. The van der Waals surface area contributed by atoms with Crippen LogP contribution in [-0.4, -0.2) is 29.9 Å². The van der Waals surface area contributed by atoms with Crippen LogP contribution < -0.4 is 0 Å². The number of imidazole rings is 1. The summed E-state index contributed by atoms with van der Waals surface area (Å²) in [5, 5.41) is 10.6. The highest BCUT2D eigenvalue weighted by Gasteiger charge is 2.08. The molecule has 0 unspecified atom stereocenters. The van der Waals surface area contributed by atoms with Crippen LogP contribution in [0.25, 0.3) is 39.1 Å². The van der Waals surface area contributed by atoms with Gasteiger partial charge in [-0.05, 0) is 47.5 Å². The maximum Gasteiger partial charge on any atom is 0.112 e. The number of pyridine rings is 1. The molecule has 3 aromatic heterocycles. The molecule has 0 aliphatic carbocycles. The monoisotopic (exact) mass is 338 g/mol. The van der Waals surface area contributed by atoms with E-state index in [4.69, 9.17) is 0 Å². The zero-order valence-electron chi connectivity index (χ0n) is 13.7. The van der Waals surface area contributed by atoms with Crippen molar-refractivity contribution >= 4 is 11.0 Å². The predicted molar refractivity (Wildman–Crippen MR) is 99.7 cm³/mol. The Bertz CT molecular complexity index is 1160. The van der Waals surface area contributed by atoms with Crippen LogP contribution >= 0.6 is 0 Å². The van der Waals surface area contributed by atoms with Crippen LogP contribution in [-0.2, 0) is 0 Å². The molecule has 6 nitrogen and oxygen atoms in total. The summed E-state index contributed by atoms with van der Waals surface area (Å²) in [6.45, 7) is 0. The SMILES string of the molecule is c1cc(-c2ccc3ncn(-c4ccc(-c5cn[nH]n5)cc4)c3c2)ccn1. The molecule has 5 aromatic rings. The Morgan fingerprint density at radius 2 is 1.62 bits per heavy atom. The van der Waals surface area contributed by atoms with E-state index >= 15 is 0 Å². The van der Waals surface area contributed by atoms with E-state index in [1.807, 2.05) is 36.7 Å². The topological polar surface area (TPSA) is 72.3 Å². The molecule has 0 spiro atoms.